The van der Waals surface area contributed by atoms with E-state index in [2.05, 4.69) is 0 Å². The molecule has 6 heteroatoms. The zero-order valence-electron chi connectivity index (χ0n) is 12.1. The van der Waals surface area contributed by atoms with Crippen LogP contribution < -0.4 is 0 Å². The van der Waals surface area contributed by atoms with E-state index in [1.807, 2.05) is 19.0 Å². The number of piperidine rings is 1. The van der Waals surface area contributed by atoms with Crippen LogP contribution in [0.25, 0.3) is 0 Å². The number of carbonyl (C=O) groups is 2. The molecule has 1 aliphatic rings. The number of rotatable bonds is 3. The molecule has 1 aromatic rings. The van der Waals surface area contributed by atoms with Crippen molar-refractivity contribution in [1.82, 2.24) is 9.80 Å². The van der Waals surface area contributed by atoms with E-state index >= 15 is 0 Å². The van der Waals surface area contributed by atoms with Crippen molar-refractivity contribution in [2.75, 3.05) is 20.6 Å². The van der Waals surface area contributed by atoms with Crippen LogP contribution >= 0.6 is 0 Å². The summed E-state index contributed by atoms with van der Waals surface area (Å²) in [7, 11) is 3.81. The molecule has 21 heavy (non-hydrogen) atoms. The van der Waals surface area contributed by atoms with Gasteiger partial charge in [0, 0.05) is 18.2 Å². The molecule has 114 valence electrons. The summed E-state index contributed by atoms with van der Waals surface area (Å²) in [6, 6.07) is 4.47. The Hall–Kier alpha value is -1.95. The van der Waals surface area contributed by atoms with Crippen LogP contribution in [0.15, 0.2) is 24.3 Å². The van der Waals surface area contributed by atoms with Gasteiger partial charge in [0.2, 0.25) is 0 Å². The van der Waals surface area contributed by atoms with E-state index in [4.69, 9.17) is 0 Å². The van der Waals surface area contributed by atoms with Gasteiger partial charge in [0.15, 0.2) is 0 Å². The van der Waals surface area contributed by atoms with Crippen molar-refractivity contribution in [2.24, 2.45) is 0 Å². The molecular weight excluding hydrogens is 275 g/mol. The fourth-order valence-corrected chi connectivity index (χ4v) is 2.65. The highest BCUT2D eigenvalue weighted by Crippen LogP contribution is 2.23. The Morgan fingerprint density at radius 2 is 1.90 bits per heavy atom. The maximum atomic E-state index is 12.9. The lowest BCUT2D eigenvalue weighted by molar-refractivity contribution is -0.144. The van der Waals surface area contributed by atoms with E-state index in [1.165, 1.54) is 29.2 Å². The van der Waals surface area contributed by atoms with Gasteiger partial charge in [-0.05, 0) is 51.2 Å². The second kappa shape index (κ2) is 6.22. The van der Waals surface area contributed by atoms with E-state index < -0.39 is 17.8 Å². The van der Waals surface area contributed by atoms with Crippen LogP contribution in [0, 0.1) is 5.82 Å². The first-order valence-corrected chi connectivity index (χ1v) is 6.86. The van der Waals surface area contributed by atoms with Gasteiger partial charge in [-0.1, -0.05) is 0 Å². The Labute approximate surface area is 123 Å². The standard InChI is InChI=1S/C15H19FN2O3/c1-17(2)12-7-8-18(13(9-12)15(20)21)14(19)10-3-5-11(16)6-4-10/h3-6,12-13H,7-9H2,1-2H3,(H,20,21)/t12-,13+/m1/s1. The van der Waals surface area contributed by atoms with Crippen LogP contribution in [-0.4, -0.2) is 59.5 Å². The smallest absolute Gasteiger partial charge is 0.326 e. The summed E-state index contributed by atoms with van der Waals surface area (Å²) >= 11 is 0. The Kier molecular flexibility index (Phi) is 4.57. The summed E-state index contributed by atoms with van der Waals surface area (Å²) in [5.41, 5.74) is 0.311. The fourth-order valence-electron chi connectivity index (χ4n) is 2.65. The number of nitrogens with zero attached hydrogens (tertiary/aromatic N) is 2. The van der Waals surface area contributed by atoms with Crippen LogP contribution in [0.3, 0.4) is 0 Å². The molecule has 2 atom stereocenters. The van der Waals surface area contributed by atoms with Crippen LogP contribution in [0.2, 0.25) is 0 Å². The first-order chi connectivity index (χ1) is 9.90. The maximum Gasteiger partial charge on any atom is 0.326 e. The summed E-state index contributed by atoms with van der Waals surface area (Å²) in [4.78, 5) is 27.2. The van der Waals surface area contributed by atoms with Gasteiger partial charge in [-0.2, -0.15) is 0 Å². The number of hydrogen-bond donors (Lipinski definition) is 1. The number of likely N-dealkylation sites (tertiary alicyclic amines) is 1. The largest absolute Gasteiger partial charge is 0.480 e. The zero-order valence-corrected chi connectivity index (χ0v) is 12.1. The molecule has 1 fully saturated rings. The third-order valence-corrected chi connectivity index (χ3v) is 3.94. The topological polar surface area (TPSA) is 60.9 Å². The average molecular weight is 294 g/mol. The molecule has 1 amide bonds. The number of amides is 1. The second-order valence-corrected chi connectivity index (χ2v) is 5.50. The van der Waals surface area contributed by atoms with Crippen molar-refractivity contribution in [2.45, 2.75) is 24.9 Å². The molecule has 0 unspecified atom stereocenters. The number of aliphatic carboxylic acids is 1. The first-order valence-electron chi connectivity index (χ1n) is 6.86. The molecule has 1 N–H and O–H groups in total. The minimum absolute atomic E-state index is 0.142. The molecule has 0 aliphatic carbocycles. The third kappa shape index (κ3) is 3.39. The lowest BCUT2D eigenvalue weighted by Crippen LogP contribution is -2.53. The van der Waals surface area contributed by atoms with E-state index in [1.54, 1.807) is 0 Å². The predicted molar refractivity (Wildman–Crippen MR) is 75.6 cm³/mol. The molecule has 1 saturated heterocycles. The molecular formula is C15H19FN2O3. The first kappa shape index (κ1) is 15.4. The number of carboxylic acids is 1. The number of hydrogen-bond acceptors (Lipinski definition) is 3. The Bertz CT molecular complexity index is 530. The number of benzene rings is 1. The summed E-state index contributed by atoms with van der Waals surface area (Å²) in [5, 5.41) is 9.38. The van der Waals surface area contributed by atoms with Crippen LogP contribution in [-0.2, 0) is 4.79 Å². The molecule has 0 aromatic heterocycles. The van der Waals surface area contributed by atoms with Crippen molar-refractivity contribution in [3.63, 3.8) is 0 Å². The van der Waals surface area contributed by atoms with Gasteiger partial charge in [0.25, 0.3) is 5.91 Å². The fraction of sp³-hybridized carbons (Fsp3) is 0.467. The van der Waals surface area contributed by atoms with E-state index in [-0.39, 0.29) is 11.9 Å². The Morgan fingerprint density at radius 1 is 1.29 bits per heavy atom. The second-order valence-electron chi connectivity index (χ2n) is 5.50. The van der Waals surface area contributed by atoms with Crippen LogP contribution in [0.4, 0.5) is 4.39 Å². The third-order valence-electron chi connectivity index (χ3n) is 3.94. The van der Waals surface area contributed by atoms with Gasteiger partial charge < -0.3 is 14.9 Å². The van der Waals surface area contributed by atoms with Gasteiger partial charge in [-0.15, -0.1) is 0 Å². The zero-order chi connectivity index (χ0) is 15.6. The van der Waals surface area contributed by atoms with E-state index in [0.717, 1.165) is 6.42 Å². The monoisotopic (exact) mass is 294 g/mol. The SMILES string of the molecule is CN(C)[C@@H]1CCN(C(=O)c2ccc(F)cc2)[C@H](C(=O)O)C1. The summed E-state index contributed by atoms with van der Waals surface area (Å²) in [6.45, 7) is 0.385. The van der Waals surface area contributed by atoms with Gasteiger partial charge >= 0.3 is 5.97 Å². The minimum atomic E-state index is -1.00. The normalized spacial score (nSPS) is 22.4. The predicted octanol–water partition coefficient (Wildman–Crippen LogP) is 1.45. The number of carbonyl (C=O) groups excluding carboxylic acids is 1. The quantitative estimate of drug-likeness (QED) is 0.916. The molecule has 0 spiro atoms. The van der Waals surface area contributed by atoms with Crippen molar-refractivity contribution < 1.29 is 19.1 Å². The molecule has 1 aliphatic heterocycles. The highest BCUT2D eigenvalue weighted by molar-refractivity contribution is 5.96. The molecule has 1 heterocycles. The summed E-state index contributed by atoms with van der Waals surface area (Å²) in [6.07, 6.45) is 1.12. The highest BCUT2D eigenvalue weighted by Gasteiger charge is 2.37. The lowest BCUT2D eigenvalue weighted by Gasteiger charge is -2.39. The van der Waals surface area contributed by atoms with Gasteiger partial charge in [0.05, 0.1) is 0 Å². The van der Waals surface area contributed by atoms with Gasteiger partial charge in [-0.25, -0.2) is 9.18 Å². The molecule has 1 aromatic carbocycles. The lowest BCUT2D eigenvalue weighted by atomic mass is 9.95. The van der Waals surface area contributed by atoms with Gasteiger partial charge in [0.1, 0.15) is 11.9 Å². The van der Waals surface area contributed by atoms with Crippen molar-refractivity contribution >= 4 is 11.9 Å². The molecule has 2 rings (SSSR count). The van der Waals surface area contributed by atoms with Gasteiger partial charge in [-0.3, -0.25) is 4.79 Å². The molecule has 0 radical (unpaired) electrons. The number of carboxylic acid groups (broad SMARTS) is 1. The summed E-state index contributed by atoms with van der Waals surface area (Å²) < 4.78 is 12.9. The van der Waals surface area contributed by atoms with Crippen molar-refractivity contribution in [3.05, 3.63) is 35.6 Å². The Morgan fingerprint density at radius 3 is 2.43 bits per heavy atom. The highest BCUT2D eigenvalue weighted by atomic mass is 19.1. The minimum Gasteiger partial charge on any atom is -0.480 e. The molecule has 5 nitrogen and oxygen atoms in total. The molecule has 0 saturated carbocycles. The van der Waals surface area contributed by atoms with Crippen molar-refractivity contribution in [1.29, 1.82) is 0 Å². The number of halogens is 1. The Balaban J connectivity index is 2.19. The van der Waals surface area contributed by atoms with E-state index in [9.17, 15) is 19.1 Å². The van der Waals surface area contributed by atoms with E-state index in [0.29, 0.717) is 18.5 Å². The maximum absolute atomic E-state index is 12.9. The van der Waals surface area contributed by atoms with Crippen LogP contribution in [0.5, 0.6) is 0 Å². The van der Waals surface area contributed by atoms with Crippen LogP contribution in [0.1, 0.15) is 23.2 Å². The van der Waals surface area contributed by atoms with Crippen molar-refractivity contribution in [3.8, 4) is 0 Å². The average Bonchev–Trinajstić information content (AvgIpc) is 2.46. The molecule has 0 bridgehead atoms. The summed E-state index contributed by atoms with van der Waals surface area (Å²) in [5.74, 6) is -1.79.